The summed E-state index contributed by atoms with van der Waals surface area (Å²) in [6.45, 7) is 1.95. The maximum atomic E-state index is 11.5. The lowest BCUT2D eigenvalue weighted by Gasteiger charge is -2.05. The van der Waals surface area contributed by atoms with E-state index in [0.29, 0.717) is 17.9 Å². The van der Waals surface area contributed by atoms with Crippen molar-refractivity contribution in [3.63, 3.8) is 0 Å². The summed E-state index contributed by atoms with van der Waals surface area (Å²) in [6, 6.07) is 6.39. The molecule has 0 fully saturated rings. The number of carboxylic acids is 1. The lowest BCUT2D eigenvalue weighted by molar-refractivity contribution is -0.139. The van der Waals surface area contributed by atoms with Crippen molar-refractivity contribution in [3.05, 3.63) is 29.8 Å². The molecule has 2 N–H and O–H groups in total. The first-order chi connectivity index (χ1) is 7.63. The molecule has 1 amide bonds. The average molecular weight is 223 g/mol. The Balaban J connectivity index is 2.70. The van der Waals surface area contributed by atoms with E-state index in [9.17, 15) is 9.59 Å². The van der Waals surface area contributed by atoms with Gasteiger partial charge in [-0.3, -0.25) is 4.79 Å². The summed E-state index contributed by atoms with van der Waals surface area (Å²) in [7, 11) is 0. The second-order valence-electron chi connectivity index (χ2n) is 3.07. The number of carbonyl (C=O) groups excluding carboxylic acids is 1. The summed E-state index contributed by atoms with van der Waals surface area (Å²) < 4.78 is 4.96. The molecule has 0 aliphatic carbocycles. The number of hydrogen-bond donors (Lipinski definition) is 2. The van der Waals surface area contributed by atoms with Gasteiger partial charge in [0.05, 0.1) is 0 Å². The third-order valence-electron chi connectivity index (χ3n) is 1.80. The van der Waals surface area contributed by atoms with Crippen LogP contribution in [0.2, 0.25) is 0 Å². The van der Waals surface area contributed by atoms with Crippen LogP contribution in [0.5, 0.6) is 5.75 Å². The number of carboxylic acid groups (broad SMARTS) is 1. The Bertz CT molecular complexity index is 389. The van der Waals surface area contributed by atoms with Gasteiger partial charge in [-0.15, -0.1) is 0 Å². The van der Waals surface area contributed by atoms with E-state index in [-0.39, 0.29) is 5.91 Å². The summed E-state index contributed by atoms with van der Waals surface area (Å²) in [5.41, 5.74) is 0.449. The molecule has 0 bridgehead atoms. The van der Waals surface area contributed by atoms with Gasteiger partial charge in [-0.2, -0.15) is 0 Å². The SMILES string of the molecule is CCNC(=O)c1cccc(OCC(=O)O)c1. The van der Waals surface area contributed by atoms with E-state index in [1.54, 1.807) is 18.2 Å². The van der Waals surface area contributed by atoms with Crippen LogP contribution in [-0.4, -0.2) is 30.1 Å². The third-order valence-corrected chi connectivity index (χ3v) is 1.80. The zero-order valence-corrected chi connectivity index (χ0v) is 8.90. The molecule has 1 aromatic rings. The van der Waals surface area contributed by atoms with Crippen LogP contribution in [0.25, 0.3) is 0 Å². The minimum Gasteiger partial charge on any atom is -0.482 e. The maximum absolute atomic E-state index is 11.5. The minimum absolute atomic E-state index is 0.205. The highest BCUT2D eigenvalue weighted by atomic mass is 16.5. The average Bonchev–Trinajstić information content (AvgIpc) is 2.27. The highest BCUT2D eigenvalue weighted by molar-refractivity contribution is 5.94. The van der Waals surface area contributed by atoms with Crippen molar-refractivity contribution in [3.8, 4) is 5.75 Å². The van der Waals surface area contributed by atoms with Crippen LogP contribution in [0, 0.1) is 0 Å². The fraction of sp³-hybridized carbons (Fsp3) is 0.273. The molecule has 0 aliphatic rings. The van der Waals surface area contributed by atoms with Crippen LogP contribution in [0.3, 0.4) is 0 Å². The van der Waals surface area contributed by atoms with Crippen molar-refractivity contribution >= 4 is 11.9 Å². The number of amides is 1. The number of hydrogen-bond acceptors (Lipinski definition) is 3. The number of aliphatic carboxylic acids is 1. The first-order valence-electron chi connectivity index (χ1n) is 4.86. The molecule has 5 heteroatoms. The molecular formula is C11H13NO4. The van der Waals surface area contributed by atoms with Crippen molar-refractivity contribution in [1.82, 2.24) is 5.32 Å². The second-order valence-corrected chi connectivity index (χ2v) is 3.07. The molecule has 1 aromatic carbocycles. The van der Waals surface area contributed by atoms with E-state index < -0.39 is 12.6 Å². The number of benzene rings is 1. The summed E-state index contributed by atoms with van der Waals surface area (Å²) in [5, 5.41) is 11.1. The van der Waals surface area contributed by atoms with Gasteiger partial charge in [-0.1, -0.05) is 6.07 Å². The molecule has 0 spiro atoms. The van der Waals surface area contributed by atoms with Crippen LogP contribution in [0.1, 0.15) is 17.3 Å². The van der Waals surface area contributed by atoms with Crippen molar-refractivity contribution in [2.45, 2.75) is 6.92 Å². The molecule has 5 nitrogen and oxygen atoms in total. The van der Waals surface area contributed by atoms with Crippen LogP contribution in [0.4, 0.5) is 0 Å². The standard InChI is InChI=1S/C11H13NO4/c1-2-12-11(15)8-4-3-5-9(6-8)16-7-10(13)14/h3-6H,2,7H2,1H3,(H,12,15)(H,13,14). The molecule has 1 rings (SSSR count). The molecule has 0 radical (unpaired) electrons. The van der Waals surface area contributed by atoms with Gasteiger partial charge in [0.2, 0.25) is 0 Å². The summed E-state index contributed by atoms with van der Waals surface area (Å²) in [5.74, 6) is -0.891. The van der Waals surface area contributed by atoms with E-state index in [2.05, 4.69) is 5.32 Å². The molecule has 86 valence electrons. The quantitative estimate of drug-likeness (QED) is 0.777. The summed E-state index contributed by atoms with van der Waals surface area (Å²) in [4.78, 5) is 21.7. The lowest BCUT2D eigenvalue weighted by atomic mass is 10.2. The molecule has 0 unspecified atom stereocenters. The monoisotopic (exact) mass is 223 g/mol. The fourth-order valence-electron chi connectivity index (χ4n) is 1.13. The molecule has 16 heavy (non-hydrogen) atoms. The van der Waals surface area contributed by atoms with Crippen molar-refractivity contribution in [2.24, 2.45) is 0 Å². The van der Waals surface area contributed by atoms with E-state index in [1.165, 1.54) is 6.07 Å². The number of ether oxygens (including phenoxy) is 1. The zero-order valence-electron chi connectivity index (χ0n) is 8.90. The summed E-state index contributed by atoms with van der Waals surface area (Å²) in [6.07, 6.45) is 0. The Labute approximate surface area is 93.0 Å². The number of carbonyl (C=O) groups is 2. The zero-order chi connectivity index (χ0) is 12.0. The normalized spacial score (nSPS) is 9.56. The Morgan fingerprint density at radius 3 is 2.81 bits per heavy atom. The first-order valence-corrected chi connectivity index (χ1v) is 4.86. The Kier molecular flexibility index (Phi) is 4.32. The highest BCUT2D eigenvalue weighted by Gasteiger charge is 2.06. The van der Waals surface area contributed by atoms with Crippen LogP contribution in [-0.2, 0) is 4.79 Å². The van der Waals surface area contributed by atoms with Crippen molar-refractivity contribution in [1.29, 1.82) is 0 Å². The Morgan fingerprint density at radius 1 is 1.44 bits per heavy atom. The van der Waals surface area contributed by atoms with Crippen molar-refractivity contribution < 1.29 is 19.4 Å². The largest absolute Gasteiger partial charge is 0.482 e. The number of rotatable bonds is 5. The van der Waals surface area contributed by atoms with E-state index in [4.69, 9.17) is 9.84 Å². The Morgan fingerprint density at radius 2 is 2.19 bits per heavy atom. The van der Waals surface area contributed by atoms with Gasteiger partial charge in [-0.05, 0) is 25.1 Å². The van der Waals surface area contributed by atoms with E-state index in [1.807, 2.05) is 6.92 Å². The van der Waals surface area contributed by atoms with Crippen LogP contribution >= 0.6 is 0 Å². The molecule has 0 saturated carbocycles. The van der Waals surface area contributed by atoms with Gasteiger partial charge in [0.15, 0.2) is 6.61 Å². The first kappa shape index (κ1) is 12.0. The molecule has 0 aromatic heterocycles. The van der Waals surface area contributed by atoms with E-state index in [0.717, 1.165) is 0 Å². The van der Waals surface area contributed by atoms with Gasteiger partial charge in [0.25, 0.3) is 5.91 Å². The minimum atomic E-state index is -1.05. The molecule has 0 heterocycles. The smallest absolute Gasteiger partial charge is 0.341 e. The van der Waals surface area contributed by atoms with Crippen LogP contribution < -0.4 is 10.1 Å². The third kappa shape index (κ3) is 3.61. The van der Waals surface area contributed by atoms with Gasteiger partial charge in [-0.25, -0.2) is 4.79 Å². The van der Waals surface area contributed by atoms with Crippen LogP contribution in [0.15, 0.2) is 24.3 Å². The molecular weight excluding hydrogens is 210 g/mol. The predicted octanol–water partition coefficient (Wildman–Crippen LogP) is 0.900. The van der Waals surface area contributed by atoms with Gasteiger partial charge in [0.1, 0.15) is 5.75 Å². The van der Waals surface area contributed by atoms with E-state index >= 15 is 0 Å². The fourth-order valence-corrected chi connectivity index (χ4v) is 1.13. The topological polar surface area (TPSA) is 75.6 Å². The molecule has 0 atom stereocenters. The molecule has 0 aliphatic heterocycles. The summed E-state index contributed by atoms with van der Waals surface area (Å²) >= 11 is 0. The Hall–Kier alpha value is -2.04. The molecule has 0 saturated heterocycles. The predicted molar refractivity (Wildman–Crippen MR) is 57.6 cm³/mol. The van der Waals surface area contributed by atoms with Gasteiger partial charge < -0.3 is 15.2 Å². The van der Waals surface area contributed by atoms with Gasteiger partial charge >= 0.3 is 5.97 Å². The van der Waals surface area contributed by atoms with Crippen molar-refractivity contribution in [2.75, 3.05) is 13.2 Å². The lowest BCUT2D eigenvalue weighted by Crippen LogP contribution is -2.22. The second kappa shape index (κ2) is 5.75. The van der Waals surface area contributed by atoms with Gasteiger partial charge in [0, 0.05) is 12.1 Å². The number of nitrogens with one attached hydrogen (secondary N) is 1. The maximum Gasteiger partial charge on any atom is 0.341 e. The highest BCUT2D eigenvalue weighted by Crippen LogP contribution is 2.13.